The summed E-state index contributed by atoms with van der Waals surface area (Å²) in [5, 5.41) is 5.47. The lowest BCUT2D eigenvalue weighted by Gasteiger charge is -2.32. The van der Waals surface area contributed by atoms with Gasteiger partial charge < -0.3 is 19.7 Å². The predicted octanol–water partition coefficient (Wildman–Crippen LogP) is 3.89. The molecule has 0 radical (unpaired) electrons. The number of rotatable bonds is 9. The number of methoxy groups -OCH3 is 2. The first-order chi connectivity index (χ1) is 19.0. The van der Waals surface area contributed by atoms with Gasteiger partial charge in [0.05, 0.1) is 36.2 Å². The fourth-order valence-corrected chi connectivity index (χ4v) is 5.30. The van der Waals surface area contributed by atoms with Crippen LogP contribution in [0.3, 0.4) is 0 Å². The molecule has 4 heterocycles. The van der Waals surface area contributed by atoms with Crippen LogP contribution in [0, 0.1) is 5.92 Å². The molecule has 202 valence electrons. The number of nitrogens with one attached hydrogen (secondary N) is 2. The van der Waals surface area contributed by atoms with Gasteiger partial charge in [0.15, 0.2) is 0 Å². The molecule has 0 spiro atoms. The lowest BCUT2D eigenvalue weighted by molar-refractivity contribution is -0.115. The zero-order chi connectivity index (χ0) is 27.2. The SMILES string of the molecule is COc1ccc(-c2cccc(CNCC3CCN(c4nccc(/C=C5/SC(=O)NC5=O)n4)CC3)n2)c(OC)c1. The minimum atomic E-state index is -0.388. The molecule has 0 unspecified atom stereocenters. The largest absolute Gasteiger partial charge is 0.497 e. The lowest BCUT2D eigenvalue weighted by Crippen LogP contribution is -2.38. The van der Waals surface area contributed by atoms with Crippen molar-refractivity contribution in [1.82, 2.24) is 25.6 Å². The summed E-state index contributed by atoms with van der Waals surface area (Å²) in [5.74, 6) is 2.26. The number of ether oxygens (including phenoxy) is 2. The number of amides is 2. The summed E-state index contributed by atoms with van der Waals surface area (Å²) in [5.41, 5.74) is 3.36. The maximum atomic E-state index is 11.8. The molecular formula is C28H30N6O4S. The van der Waals surface area contributed by atoms with E-state index in [-0.39, 0.29) is 11.1 Å². The number of thioether (sulfide) groups is 1. The Bertz CT molecular complexity index is 1390. The van der Waals surface area contributed by atoms with Crippen LogP contribution in [-0.2, 0) is 11.3 Å². The molecule has 1 aromatic carbocycles. The summed E-state index contributed by atoms with van der Waals surface area (Å²) >= 11 is 0.884. The smallest absolute Gasteiger partial charge is 0.290 e. The molecule has 0 saturated carbocycles. The van der Waals surface area contributed by atoms with Crippen LogP contribution in [0.4, 0.5) is 10.7 Å². The van der Waals surface area contributed by atoms with E-state index >= 15 is 0 Å². The molecule has 5 rings (SSSR count). The molecule has 2 aliphatic rings. The Morgan fingerprint density at radius 2 is 1.95 bits per heavy atom. The molecular weight excluding hydrogens is 516 g/mol. The van der Waals surface area contributed by atoms with Crippen molar-refractivity contribution < 1.29 is 19.1 Å². The van der Waals surface area contributed by atoms with Crippen LogP contribution >= 0.6 is 11.8 Å². The molecule has 2 aliphatic heterocycles. The van der Waals surface area contributed by atoms with Gasteiger partial charge in [0.2, 0.25) is 5.95 Å². The van der Waals surface area contributed by atoms with Crippen LogP contribution in [0.25, 0.3) is 17.3 Å². The molecule has 0 bridgehead atoms. The van der Waals surface area contributed by atoms with Gasteiger partial charge in [-0.2, -0.15) is 0 Å². The monoisotopic (exact) mass is 546 g/mol. The van der Waals surface area contributed by atoms with Crippen LogP contribution in [0.2, 0.25) is 0 Å². The van der Waals surface area contributed by atoms with Gasteiger partial charge >= 0.3 is 0 Å². The van der Waals surface area contributed by atoms with Crippen molar-refractivity contribution in [2.45, 2.75) is 19.4 Å². The van der Waals surface area contributed by atoms with E-state index < -0.39 is 0 Å². The van der Waals surface area contributed by atoms with E-state index in [0.29, 0.717) is 29.0 Å². The van der Waals surface area contributed by atoms with Gasteiger partial charge in [-0.05, 0) is 73.5 Å². The highest BCUT2D eigenvalue weighted by atomic mass is 32.2. The van der Waals surface area contributed by atoms with Crippen molar-refractivity contribution in [2.24, 2.45) is 5.92 Å². The summed E-state index contributed by atoms with van der Waals surface area (Å²) < 4.78 is 10.9. The Morgan fingerprint density at radius 1 is 1.10 bits per heavy atom. The summed E-state index contributed by atoms with van der Waals surface area (Å²) in [4.78, 5) is 39.6. The van der Waals surface area contributed by atoms with E-state index in [2.05, 4.69) is 25.5 Å². The fourth-order valence-electron chi connectivity index (χ4n) is 4.63. The van der Waals surface area contributed by atoms with E-state index in [9.17, 15) is 9.59 Å². The highest BCUT2D eigenvalue weighted by Crippen LogP contribution is 2.32. The molecule has 2 saturated heterocycles. The second kappa shape index (κ2) is 12.3. The van der Waals surface area contributed by atoms with Crippen molar-refractivity contribution in [3.63, 3.8) is 0 Å². The molecule has 2 amide bonds. The second-order valence-corrected chi connectivity index (χ2v) is 10.3. The number of pyridine rings is 1. The van der Waals surface area contributed by atoms with Crippen LogP contribution < -0.4 is 25.0 Å². The Kier molecular flexibility index (Phi) is 8.38. The van der Waals surface area contributed by atoms with Gasteiger partial charge in [0.25, 0.3) is 11.1 Å². The van der Waals surface area contributed by atoms with Crippen molar-refractivity contribution in [1.29, 1.82) is 0 Å². The number of anilines is 1. The highest BCUT2D eigenvalue weighted by Gasteiger charge is 2.26. The van der Waals surface area contributed by atoms with Crippen molar-refractivity contribution in [2.75, 3.05) is 38.8 Å². The number of aromatic nitrogens is 3. The van der Waals surface area contributed by atoms with Gasteiger partial charge in [-0.3, -0.25) is 19.9 Å². The van der Waals surface area contributed by atoms with Gasteiger partial charge in [-0.15, -0.1) is 0 Å². The predicted molar refractivity (Wildman–Crippen MR) is 151 cm³/mol. The lowest BCUT2D eigenvalue weighted by atomic mass is 9.97. The third-order valence-electron chi connectivity index (χ3n) is 6.71. The number of benzene rings is 1. The van der Waals surface area contributed by atoms with Crippen LogP contribution in [0.5, 0.6) is 11.5 Å². The van der Waals surface area contributed by atoms with Crippen LogP contribution in [-0.4, -0.2) is 60.0 Å². The Hall–Kier alpha value is -3.96. The molecule has 10 nitrogen and oxygen atoms in total. The fraction of sp³-hybridized carbons (Fsp3) is 0.321. The summed E-state index contributed by atoms with van der Waals surface area (Å²) in [6, 6.07) is 13.5. The average molecular weight is 547 g/mol. The maximum Gasteiger partial charge on any atom is 0.290 e. The number of piperidine rings is 1. The Morgan fingerprint density at radius 3 is 2.69 bits per heavy atom. The number of hydrogen-bond acceptors (Lipinski definition) is 10. The van der Waals surface area contributed by atoms with Gasteiger partial charge in [0.1, 0.15) is 11.5 Å². The second-order valence-electron chi connectivity index (χ2n) is 9.28. The number of imide groups is 1. The van der Waals surface area contributed by atoms with Crippen molar-refractivity contribution >= 4 is 34.9 Å². The van der Waals surface area contributed by atoms with Crippen molar-refractivity contribution in [3.05, 3.63) is 65.0 Å². The van der Waals surface area contributed by atoms with Gasteiger partial charge in [0, 0.05) is 37.5 Å². The Labute approximate surface area is 231 Å². The first-order valence-corrected chi connectivity index (χ1v) is 13.6. The number of nitrogens with zero attached hydrogens (tertiary/aromatic N) is 4. The van der Waals surface area contributed by atoms with Crippen LogP contribution in [0.15, 0.2) is 53.6 Å². The Balaban J connectivity index is 1.13. The molecule has 11 heteroatoms. The topological polar surface area (TPSA) is 119 Å². The maximum absolute atomic E-state index is 11.8. The quantitative estimate of drug-likeness (QED) is 0.383. The normalized spacial score (nSPS) is 17.0. The molecule has 3 aromatic rings. The van der Waals surface area contributed by atoms with Gasteiger partial charge in [-0.1, -0.05) is 6.07 Å². The molecule has 0 aliphatic carbocycles. The van der Waals surface area contributed by atoms with Crippen molar-refractivity contribution in [3.8, 4) is 22.8 Å². The van der Waals surface area contributed by atoms with Gasteiger partial charge in [-0.25, -0.2) is 9.97 Å². The van der Waals surface area contributed by atoms with E-state index in [0.717, 1.165) is 72.7 Å². The van der Waals surface area contributed by atoms with E-state index in [1.165, 1.54) is 0 Å². The first-order valence-electron chi connectivity index (χ1n) is 12.7. The number of carbonyl (C=O) groups excluding carboxylic acids is 2. The standard InChI is InChI=1S/C28H30N6O4S/c1-37-21-6-7-22(24(15-21)38-2)23-5-3-4-20(31-23)17-29-16-18-9-12-34(13-10-18)27-30-11-8-19(32-27)14-25-26(35)33-28(36)39-25/h3-8,11,14-15,18,29H,9-10,12-13,16-17H2,1-2H3,(H,33,35,36)/b25-14+. The first kappa shape index (κ1) is 26.6. The molecule has 39 heavy (non-hydrogen) atoms. The minimum Gasteiger partial charge on any atom is -0.497 e. The third-order valence-corrected chi connectivity index (χ3v) is 7.52. The molecule has 2 aromatic heterocycles. The van der Waals surface area contributed by atoms with Crippen LogP contribution in [0.1, 0.15) is 24.2 Å². The zero-order valence-corrected chi connectivity index (χ0v) is 22.7. The molecule has 2 fully saturated rings. The molecule has 2 N–H and O–H groups in total. The highest BCUT2D eigenvalue weighted by molar-refractivity contribution is 8.18. The molecule has 0 atom stereocenters. The number of carbonyl (C=O) groups is 2. The van der Waals surface area contributed by atoms with E-state index in [1.54, 1.807) is 32.6 Å². The summed E-state index contributed by atoms with van der Waals surface area (Å²) in [6.07, 6.45) is 5.35. The third kappa shape index (κ3) is 6.55. The van der Waals surface area contributed by atoms with E-state index in [4.69, 9.17) is 14.5 Å². The number of hydrogen-bond donors (Lipinski definition) is 2. The summed E-state index contributed by atoms with van der Waals surface area (Å²) in [7, 11) is 3.28. The van der Waals surface area contributed by atoms with E-state index in [1.807, 2.05) is 36.4 Å². The summed E-state index contributed by atoms with van der Waals surface area (Å²) in [6.45, 7) is 3.29. The minimum absolute atomic E-state index is 0.345. The zero-order valence-electron chi connectivity index (χ0n) is 21.8. The average Bonchev–Trinajstić information content (AvgIpc) is 3.29.